The maximum Gasteiger partial charge on any atom is 0.306 e. The molecule has 8 atom stereocenters. The fourth-order valence-electron chi connectivity index (χ4n) is 10.9. The van der Waals surface area contributed by atoms with Crippen molar-refractivity contribution in [3.63, 3.8) is 0 Å². The summed E-state index contributed by atoms with van der Waals surface area (Å²) in [6.07, 6.45) is 52.9. The Balaban J connectivity index is 2.47. The van der Waals surface area contributed by atoms with Crippen molar-refractivity contribution >= 4 is 11.9 Å². The number of allylic oxidation sites excluding steroid dienone is 1. The van der Waals surface area contributed by atoms with Crippen molar-refractivity contribution in [1.29, 1.82) is 0 Å². The van der Waals surface area contributed by atoms with Crippen molar-refractivity contribution in [3.8, 4) is 0 Å². The number of carbonyl (C=O) groups excluding carboxylic acids is 2. The molecule has 6 N–H and O–H groups in total. The number of aliphatic hydroxyl groups is 5. The van der Waals surface area contributed by atoms with E-state index in [1.807, 2.05) is 6.08 Å². The summed E-state index contributed by atoms with van der Waals surface area (Å²) in [6.45, 7) is 5.80. The van der Waals surface area contributed by atoms with Gasteiger partial charge in [-0.3, -0.25) is 9.59 Å². The second kappa shape index (κ2) is 55.0. The number of aliphatic hydroxyl groups excluding tert-OH is 5. The number of rotatable bonds is 58. The summed E-state index contributed by atoms with van der Waals surface area (Å²) >= 11 is 0. The van der Waals surface area contributed by atoms with Crippen molar-refractivity contribution in [2.75, 3.05) is 13.2 Å². The molecule has 1 rings (SSSR count). The van der Waals surface area contributed by atoms with E-state index >= 15 is 0 Å². The Morgan fingerprint density at radius 1 is 0.494 bits per heavy atom. The minimum Gasteiger partial charge on any atom is -0.454 e. The molecule has 0 aromatic heterocycles. The third-order valence-electron chi connectivity index (χ3n) is 16.2. The molecule has 1 fully saturated rings. The van der Waals surface area contributed by atoms with Gasteiger partial charge in [0.25, 0.3) is 0 Å². The van der Waals surface area contributed by atoms with Gasteiger partial charge in [-0.15, -0.1) is 0 Å². The molecule has 0 aromatic rings. The lowest BCUT2D eigenvalue weighted by Crippen LogP contribution is -2.61. The molecule has 77 heavy (non-hydrogen) atoms. The first-order valence-electron chi connectivity index (χ1n) is 33.5. The molecule has 456 valence electrons. The van der Waals surface area contributed by atoms with E-state index in [4.69, 9.17) is 14.2 Å². The van der Waals surface area contributed by atoms with Gasteiger partial charge in [-0.05, 0) is 25.7 Å². The first-order valence-corrected chi connectivity index (χ1v) is 33.5. The fourth-order valence-corrected chi connectivity index (χ4v) is 10.9. The fraction of sp³-hybridized carbons (Fsp3) is 0.939. The minimum atomic E-state index is -1.61. The monoisotopic (exact) mass is 1090 g/mol. The molecule has 1 saturated heterocycles. The van der Waals surface area contributed by atoms with Crippen LogP contribution in [0.15, 0.2) is 12.2 Å². The second-order valence-electron chi connectivity index (χ2n) is 23.6. The van der Waals surface area contributed by atoms with E-state index in [1.165, 1.54) is 231 Å². The molecule has 1 heterocycles. The van der Waals surface area contributed by atoms with Gasteiger partial charge in [0.15, 0.2) is 12.4 Å². The Bertz CT molecular complexity index is 1300. The van der Waals surface area contributed by atoms with Crippen molar-refractivity contribution < 1.29 is 49.3 Å². The summed E-state index contributed by atoms with van der Waals surface area (Å²) < 4.78 is 17.6. The molecule has 0 radical (unpaired) electrons. The largest absolute Gasteiger partial charge is 0.454 e. The maximum atomic E-state index is 13.3. The van der Waals surface area contributed by atoms with Gasteiger partial charge in [-0.2, -0.15) is 0 Å². The number of hydrogen-bond donors (Lipinski definition) is 6. The van der Waals surface area contributed by atoms with Gasteiger partial charge < -0.3 is 45.1 Å². The number of ether oxygens (including phenoxy) is 3. The van der Waals surface area contributed by atoms with E-state index in [2.05, 4.69) is 26.1 Å². The van der Waals surface area contributed by atoms with Crippen LogP contribution in [0.5, 0.6) is 0 Å². The summed E-state index contributed by atoms with van der Waals surface area (Å²) in [5.74, 6) is -1.18. The van der Waals surface area contributed by atoms with Crippen LogP contribution >= 0.6 is 0 Å². The van der Waals surface area contributed by atoms with E-state index in [1.54, 1.807) is 6.08 Å². The van der Waals surface area contributed by atoms with Crippen LogP contribution in [0.2, 0.25) is 0 Å². The number of nitrogens with one attached hydrogen (secondary N) is 1. The molecule has 0 bridgehead atoms. The predicted octanol–water partition coefficient (Wildman–Crippen LogP) is 16.3. The van der Waals surface area contributed by atoms with Crippen LogP contribution in [0.1, 0.15) is 335 Å². The number of carbonyl (C=O) groups is 2. The third-order valence-corrected chi connectivity index (χ3v) is 16.2. The first-order chi connectivity index (χ1) is 37.7. The molecule has 1 aliphatic heterocycles. The average molecular weight is 1090 g/mol. The highest BCUT2D eigenvalue weighted by Crippen LogP contribution is 2.26. The summed E-state index contributed by atoms with van der Waals surface area (Å²) in [7, 11) is 0. The smallest absolute Gasteiger partial charge is 0.306 e. The molecule has 8 unspecified atom stereocenters. The lowest BCUT2D eigenvalue weighted by atomic mass is 9.99. The predicted molar refractivity (Wildman–Crippen MR) is 320 cm³/mol. The average Bonchev–Trinajstić information content (AvgIpc) is 3.43. The standard InChI is InChI=1S/C66H127NO10/c1-4-7-10-13-16-19-22-23-24-25-26-27-28-29-30-31-32-33-34-35-36-37-39-42-45-48-51-54-61(71)77-64-63(73)62(72)60(55-68)76-66(64)75-56-57(58(69)52-49-46-43-41-38-20-17-14-11-8-5-2)67-65(74)59(70)53-50-47-44-40-21-18-15-12-9-6-3/h49,52,57-60,62-64,66,68-70,72-73H,4-48,50-51,53-56H2,1-3H3,(H,67,74)/b52-49+. The van der Waals surface area contributed by atoms with Gasteiger partial charge in [0, 0.05) is 6.42 Å². The van der Waals surface area contributed by atoms with Crippen LogP contribution in [0.4, 0.5) is 0 Å². The maximum absolute atomic E-state index is 13.3. The number of esters is 1. The zero-order valence-electron chi connectivity index (χ0n) is 50.6. The molecular formula is C66H127NO10. The van der Waals surface area contributed by atoms with Crippen molar-refractivity contribution in [1.82, 2.24) is 5.32 Å². The highest BCUT2D eigenvalue weighted by Gasteiger charge is 2.47. The Morgan fingerprint density at radius 3 is 1.22 bits per heavy atom. The van der Waals surface area contributed by atoms with E-state index in [0.29, 0.717) is 19.3 Å². The van der Waals surface area contributed by atoms with Crippen LogP contribution in [0.25, 0.3) is 0 Å². The number of unbranched alkanes of at least 4 members (excludes halogenated alkanes) is 44. The van der Waals surface area contributed by atoms with Crippen LogP contribution < -0.4 is 5.32 Å². The molecule has 0 spiro atoms. The van der Waals surface area contributed by atoms with Crippen molar-refractivity contribution in [3.05, 3.63) is 12.2 Å². The zero-order chi connectivity index (χ0) is 56.1. The first kappa shape index (κ1) is 73.4. The van der Waals surface area contributed by atoms with E-state index in [0.717, 1.165) is 57.8 Å². The van der Waals surface area contributed by atoms with Gasteiger partial charge in [0.2, 0.25) is 5.91 Å². The highest BCUT2D eigenvalue weighted by atomic mass is 16.7. The lowest BCUT2D eigenvalue weighted by Gasteiger charge is -2.41. The Hall–Kier alpha value is -1.60. The van der Waals surface area contributed by atoms with Gasteiger partial charge >= 0.3 is 5.97 Å². The van der Waals surface area contributed by atoms with Gasteiger partial charge in [0.05, 0.1) is 25.4 Å². The van der Waals surface area contributed by atoms with Crippen LogP contribution in [0.3, 0.4) is 0 Å². The van der Waals surface area contributed by atoms with E-state index in [9.17, 15) is 35.1 Å². The molecule has 1 amide bonds. The van der Waals surface area contributed by atoms with Gasteiger partial charge in [-0.1, -0.05) is 315 Å². The molecule has 11 nitrogen and oxygen atoms in total. The number of amides is 1. The van der Waals surface area contributed by atoms with Crippen molar-refractivity contribution in [2.24, 2.45) is 0 Å². The summed E-state index contributed by atoms with van der Waals surface area (Å²) in [5.41, 5.74) is 0. The Kier molecular flexibility index (Phi) is 52.4. The Labute approximate surface area is 474 Å². The van der Waals surface area contributed by atoms with Crippen molar-refractivity contribution in [2.45, 2.75) is 384 Å². The summed E-state index contributed by atoms with van der Waals surface area (Å²) in [6, 6.07) is -1.01. The number of hydrogen-bond acceptors (Lipinski definition) is 10. The summed E-state index contributed by atoms with van der Waals surface area (Å²) in [5, 5.41) is 56.9. The third kappa shape index (κ3) is 42.9. The summed E-state index contributed by atoms with van der Waals surface area (Å²) in [4.78, 5) is 26.5. The molecule has 0 saturated carbocycles. The quantitative estimate of drug-likeness (QED) is 0.0195. The van der Waals surface area contributed by atoms with Crippen LogP contribution in [-0.2, 0) is 23.8 Å². The SMILES string of the molecule is CCCCCCCCCCC/C=C/C(O)C(COC1OC(CO)C(O)C(O)C1OC(=O)CCCCCCCCCCCCCCCCCCCCCCCCCCCCC)NC(=O)C(O)CCCCCCCCCCCC. The van der Waals surface area contributed by atoms with Crippen LogP contribution in [-0.4, -0.2) is 99.6 Å². The van der Waals surface area contributed by atoms with E-state index in [-0.39, 0.29) is 13.0 Å². The Morgan fingerprint density at radius 2 is 0.844 bits per heavy atom. The zero-order valence-corrected chi connectivity index (χ0v) is 50.6. The second-order valence-corrected chi connectivity index (χ2v) is 23.6. The lowest BCUT2D eigenvalue weighted by molar-refractivity contribution is -0.305. The highest BCUT2D eigenvalue weighted by molar-refractivity contribution is 5.80. The normalized spacial score (nSPS) is 19.0. The molecule has 1 aliphatic rings. The van der Waals surface area contributed by atoms with E-state index < -0.39 is 67.4 Å². The van der Waals surface area contributed by atoms with Crippen LogP contribution in [0, 0.1) is 0 Å². The minimum absolute atomic E-state index is 0.132. The van der Waals surface area contributed by atoms with Gasteiger partial charge in [0.1, 0.15) is 24.4 Å². The molecule has 11 heteroatoms. The molecule has 0 aromatic carbocycles. The molecular weight excluding hydrogens is 967 g/mol. The molecule has 0 aliphatic carbocycles. The topological polar surface area (TPSA) is 175 Å². The van der Waals surface area contributed by atoms with Gasteiger partial charge in [-0.25, -0.2) is 0 Å².